The van der Waals surface area contributed by atoms with E-state index in [1.54, 1.807) is 6.07 Å². The molecule has 0 atom stereocenters. The Morgan fingerprint density at radius 1 is 1.46 bits per heavy atom. The fourth-order valence-electron chi connectivity index (χ4n) is 0.843. The highest BCUT2D eigenvalue weighted by Gasteiger charge is 1.93. The standard InChI is InChI=1S/C8H12ClN3S/c1-13-6-2-5-10-8-4-3-7(9)11-12-8/h3-4H,2,5-6H2,1H3,(H,10,12). The number of aromatic nitrogens is 2. The Balaban J connectivity index is 2.25. The Morgan fingerprint density at radius 3 is 2.92 bits per heavy atom. The van der Waals surface area contributed by atoms with E-state index in [1.807, 2.05) is 17.8 Å². The minimum atomic E-state index is 0.426. The van der Waals surface area contributed by atoms with Crippen molar-refractivity contribution in [1.82, 2.24) is 10.2 Å². The summed E-state index contributed by atoms with van der Waals surface area (Å²) in [6.45, 7) is 0.928. The van der Waals surface area contributed by atoms with Gasteiger partial charge in [-0.25, -0.2) is 0 Å². The number of thioether (sulfide) groups is 1. The Kier molecular flexibility index (Phi) is 4.93. The van der Waals surface area contributed by atoms with Gasteiger partial charge in [-0.1, -0.05) is 11.6 Å². The van der Waals surface area contributed by atoms with Crippen molar-refractivity contribution in [3.63, 3.8) is 0 Å². The first-order valence-corrected chi connectivity index (χ1v) is 5.82. The van der Waals surface area contributed by atoms with Crippen LogP contribution in [0.1, 0.15) is 6.42 Å². The molecule has 0 fully saturated rings. The second-order valence-electron chi connectivity index (χ2n) is 2.51. The van der Waals surface area contributed by atoms with Crippen molar-refractivity contribution in [3.8, 4) is 0 Å². The minimum absolute atomic E-state index is 0.426. The zero-order chi connectivity index (χ0) is 9.52. The molecule has 0 aliphatic carbocycles. The van der Waals surface area contributed by atoms with Crippen LogP contribution in [0.3, 0.4) is 0 Å². The summed E-state index contributed by atoms with van der Waals surface area (Å²) in [5.41, 5.74) is 0. The lowest BCUT2D eigenvalue weighted by Crippen LogP contribution is -2.04. The molecule has 1 heterocycles. The van der Waals surface area contributed by atoms with Gasteiger partial charge in [-0.2, -0.15) is 11.8 Å². The van der Waals surface area contributed by atoms with Crippen LogP contribution in [-0.4, -0.2) is 28.8 Å². The van der Waals surface area contributed by atoms with Crippen LogP contribution in [0.15, 0.2) is 12.1 Å². The summed E-state index contributed by atoms with van der Waals surface area (Å²) in [4.78, 5) is 0. The second-order valence-corrected chi connectivity index (χ2v) is 3.89. The summed E-state index contributed by atoms with van der Waals surface area (Å²) in [6.07, 6.45) is 3.23. The molecule has 5 heteroatoms. The van der Waals surface area contributed by atoms with Gasteiger partial charge in [0.05, 0.1) is 0 Å². The predicted molar refractivity (Wildman–Crippen MR) is 58.5 cm³/mol. The maximum Gasteiger partial charge on any atom is 0.151 e. The number of halogens is 1. The van der Waals surface area contributed by atoms with E-state index >= 15 is 0 Å². The van der Waals surface area contributed by atoms with Gasteiger partial charge in [-0.05, 0) is 30.6 Å². The largest absolute Gasteiger partial charge is 0.369 e. The van der Waals surface area contributed by atoms with Crippen molar-refractivity contribution in [3.05, 3.63) is 17.3 Å². The molecule has 1 aromatic heterocycles. The molecule has 0 amide bonds. The van der Waals surface area contributed by atoms with Crippen molar-refractivity contribution in [1.29, 1.82) is 0 Å². The lowest BCUT2D eigenvalue weighted by Gasteiger charge is -2.02. The molecule has 1 aromatic rings. The smallest absolute Gasteiger partial charge is 0.151 e. The van der Waals surface area contributed by atoms with E-state index in [4.69, 9.17) is 11.6 Å². The minimum Gasteiger partial charge on any atom is -0.369 e. The molecule has 13 heavy (non-hydrogen) atoms. The molecule has 1 N–H and O–H groups in total. The van der Waals surface area contributed by atoms with E-state index in [9.17, 15) is 0 Å². The molecular weight excluding hydrogens is 206 g/mol. The van der Waals surface area contributed by atoms with Gasteiger partial charge in [0.2, 0.25) is 0 Å². The van der Waals surface area contributed by atoms with Gasteiger partial charge in [0.25, 0.3) is 0 Å². The van der Waals surface area contributed by atoms with E-state index < -0.39 is 0 Å². The van der Waals surface area contributed by atoms with E-state index in [-0.39, 0.29) is 0 Å². The summed E-state index contributed by atoms with van der Waals surface area (Å²) in [5, 5.41) is 11.2. The molecular formula is C8H12ClN3S. The third-order valence-corrected chi connectivity index (χ3v) is 2.36. The van der Waals surface area contributed by atoms with Crippen LogP contribution in [0.4, 0.5) is 5.82 Å². The van der Waals surface area contributed by atoms with E-state index in [1.165, 1.54) is 0 Å². The number of hydrogen-bond donors (Lipinski definition) is 1. The number of nitrogens with one attached hydrogen (secondary N) is 1. The Hall–Kier alpha value is -0.480. The predicted octanol–water partition coefficient (Wildman–Crippen LogP) is 2.29. The monoisotopic (exact) mass is 217 g/mol. The van der Waals surface area contributed by atoms with Gasteiger partial charge in [0, 0.05) is 6.54 Å². The van der Waals surface area contributed by atoms with E-state index in [0.29, 0.717) is 5.15 Å². The van der Waals surface area contributed by atoms with Crippen molar-refractivity contribution in [2.45, 2.75) is 6.42 Å². The highest BCUT2D eigenvalue weighted by molar-refractivity contribution is 7.98. The summed E-state index contributed by atoms with van der Waals surface area (Å²) >= 11 is 7.43. The van der Waals surface area contributed by atoms with Gasteiger partial charge in [-0.15, -0.1) is 10.2 Å². The maximum atomic E-state index is 5.59. The molecule has 0 bridgehead atoms. The average Bonchev–Trinajstić information content (AvgIpc) is 2.15. The number of rotatable bonds is 5. The Bertz CT molecular complexity index is 240. The molecule has 72 valence electrons. The van der Waals surface area contributed by atoms with Crippen LogP contribution >= 0.6 is 23.4 Å². The molecule has 0 radical (unpaired) electrons. The van der Waals surface area contributed by atoms with Crippen LogP contribution in [0.5, 0.6) is 0 Å². The SMILES string of the molecule is CSCCCNc1ccc(Cl)nn1. The van der Waals surface area contributed by atoms with Crippen LogP contribution in [0, 0.1) is 0 Å². The number of hydrogen-bond acceptors (Lipinski definition) is 4. The normalized spacial score (nSPS) is 10.0. The van der Waals surface area contributed by atoms with Gasteiger partial charge in [0.1, 0.15) is 5.82 Å². The lowest BCUT2D eigenvalue weighted by molar-refractivity contribution is 0.952. The molecule has 0 aliphatic rings. The van der Waals surface area contributed by atoms with Crippen molar-refractivity contribution >= 4 is 29.2 Å². The Morgan fingerprint density at radius 2 is 2.31 bits per heavy atom. The molecule has 0 aliphatic heterocycles. The summed E-state index contributed by atoms with van der Waals surface area (Å²) < 4.78 is 0. The molecule has 0 spiro atoms. The first-order chi connectivity index (χ1) is 6.33. The van der Waals surface area contributed by atoms with Gasteiger partial charge in [0.15, 0.2) is 5.15 Å². The third-order valence-electron chi connectivity index (χ3n) is 1.46. The zero-order valence-electron chi connectivity index (χ0n) is 7.46. The van der Waals surface area contributed by atoms with Crippen LogP contribution in [0.25, 0.3) is 0 Å². The van der Waals surface area contributed by atoms with Crippen molar-refractivity contribution in [2.75, 3.05) is 23.9 Å². The van der Waals surface area contributed by atoms with Gasteiger partial charge in [-0.3, -0.25) is 0 Å². The number of anilines is 1. The molecule has 3 nitrogen and oxygen atoms in total. The van der Waals surface area contributed by atoms with E-state index in [2.05, 4.69) is 21.8 Å². The van der Waals surface area contributed by atoms with Crippen LogP contribution in [-0.2, 0) is 0 Å². The lowest BCUT2D eigenvalue weighted by atomic mass is 10.4. The summed E-state index contributed by atoms with van der Waals surface area (Å²) in [6, 6.07) is 3.56. The molecule has 0 saturated heterocycles. The number of nitrogens with zero attached hydrogens (tertiary/aromatic N) is 2. The Labute approximate surface area is 87.3 Å². The highest BCUT2D eigenvalue weighted by Crippen LogP contribution is 2.06. The zero-order valence-corrected chi connectivity index (χ0v) is 9.03. The van der Waals surface area contributed by atoms with E-state index in [0.717, 1.165) is 24.5 Å². The van der Waals surface area contributed by atoms with Crippen molar-refractivity contribution in [2.24, 2.45) is 0 Å². The quantitative estimate of drug-likeness (QED) is 0.769. The van der Waals surface area contributed by atoms with Gasteiger partial charge < -0.3 is 5.32 Å². The van der Waals surface area contributed by atoms with Crippen molar-refractivity contribution < 1.29 is 0 Å². The first kappa shape index (κ1) is 10.6. The molecule has 1 rings (SSSR count). The molecule has 0 saturated carbocycles. The average molecular weight is 218 g/mol. The molecule has 0 unspecified atom stereocenters. The van der Waals surface area contributed by atoms with Crippen LogP contribution < -0.4 is 5.32 Å². The highest BCUT2D eigenvalue weighted by atomic mass is 35.5. The maximum absolute atomic E-state index is 5.59. The molecule has 0 aromatic carbocycles. The fourth-order valence-corrected chi connectivity index (χ4v) is 1.38. The summed E-state index contributed by atoms with van der Waals surface area (Å²) in [5.74, 6) is 1.94. The second kappa shape index (κ2) is 6.05. The third kappa shape index (κ3) is 4.33. The summed E-state index contributed by atoms with van der Waals surface area (Å²) in [7, 11) is 0. The van der Waals surface area contributed by atoms with Gasteiger partial charge >= 0.3 is 0 Å². The van der Waals surface area contributed by atoms with Crippen LogP contribution in [0.2, 0.25) is 5.15 Å². The fraction of sp³-hybridized carbons (Fsp3) is 0.500. The first-order valence-electron chi connectivity index (χ1n) is 4.05. The topological polar surface area (TPSA) is 37.8 Å².